The van der Waals surface area contributed by atoms with E-state index in [4.69, 9.17) is 5.11 Å². The summed E-state index contributed by atoms with van der Waals surface area (Å²) in [4.78, 5) is 10.9. The summed E-state index contributed by atoms with van der Waals surface area (Å²) in [6, 6.07) is -0.211. The van der Waals surface area contributed by atoms with E-state index in [9.17, 15) is 4.79 Å². The average Bonchev–Trinajstić information content (AvgIpc) is 2.50. The van der Waals surface area contributed by atoms with E-state index in [-0.39, 0.29) is 24.5 Å². The minimum absolute atomic E-state index is 0.139. The lowest BCUT2D eigenvalue weighted by molar-refractivity contribution is -0.142. The van der Waals surface area contributed by atoms with Crippen LogP contribution in [0.15, 0.2) is 0 Å². The van der Waals surface area contributed by atoms with Gasteiger partial charge in [0.15, 0.2) is 0 Å². The number of hydrogen-bond donors (Lipinski definition) is 2. The molecular formula is C7H13NO3. The Morgan fingerprint density at radius 1 is 1.82 bits per heavy atom. The van der Waals surface area contributed by atoms with Crippen LogP contribution >= 0.6 is 0 Å². The third-order valence-electron chi connectivity index (χ3n) is 1.97. The molecule has 1 aliphatic rings. The summed E-state index contributed by atoms with van der Waals surface area (Å²) in [7, 11) is 1.37. The zero-order valence-electron chi connectivity index (χ0n) is 6.54. The molecule has 1 saturated heterocycles. The van der Waals surface area contributed by atoms with Crippen LogP contribution in [0.4, 0.5) is 0 Å². The number of esters is 1. The summed E-state index contributed by atoms with van der Waals surface area (Å²) in [5.41, 5.74) is 0. The van der Waals surface area contributed by atoms with Crippen molar-refractivity contribution in [1.29, 1.82) is 0 Å². The molecule has 1 aliphatic heterocycles. The highest BCUT2D eigenvalue weighted by Gasteiger charge is 2.29. The number of hydrogen-bond acceptors (Lipinski definition) is 4. The Morgan fingerprint density at radius 2 is 2.55 bits per heavy atom. The molecule has 0 spiro atoms. The molecule has 0 aromatic heterocycles. The second kappa shape index (κ2) is 3.69. The summed E-state index contributed by atoms with van der Waals surface area (Å²) in [6.45, 7) is 0.844. The molecule has 4 nitrogen and oxygen atoms in total. The molecule has 0 aromatic carbocycles. The Bertz CT molecular complexity index is 149. The van der Waals surface area contributed by atoms with Gasteiger partial charge in [-0.2, -0.15) is 0 Å². The van der Waals surface area contributed by atoms with Crippen molar-refractivity contribution in [3.63, 3.8) is 0 Å². The first-order chi connectivity index (χ1) is 5.27. The quantitative estimate of drug-likeness (QED) is 0.514. The van der Waals surface area contributed by atoms with Crippen LogP contribution in [-0.2, 0) is 9.53 Å². The van der Waals surface area contributed by atoms with Gasteiger partial charge in [0.05, 0.1) is 7.11 Å². The van der Waals surface area contributed by atoms with Crippen molar-refractivity contribution in [1.82, 2.24) is 5.32 Å². The van der Waals surface area contributed by atoms with Crippen molar-refractivity contribution in [3.05, 3.63) is 0 Å². The number of aliphatic hydroxyl groups is 1. The normalized spacial score (nSPS) is 30.4. The van der Waals surface area contributed by atoms with Crippen LogP contribution in [0.2, 0.25) is 0 Å². The summed E-state index contributed by atoms with van der Waals surface area (Å²) in [6.07, 6.45) is 0.684. The third kappa shape index (κ3) is 1.91. The maximum Gasteiger partial charge on any atom is 0.322 e. The Morgan fingerprint density at radius 3 is 3.00 bits per heavy atom. The van der Waals surface area contributed by atoms with Crippen molar-refractivity contribution in [2.45, 2.75) is 12.5 Å². The molecule has 2 N–H and O–H groups in total. The Kier molecular flexibility index (Phi) is 2.84. The van der Waals surface area contributed by atoms with Gasteiger partial charge in [0.25, 0.3) is 0 Å². The Hall–Kier alpha value is -0.610. The van der Waals surface area contributed by atoms with E-state index in [0.717, 1.165) is 0 Å². The minimum atomic E-state index is -0.235. The monoisotopic (exact) mass is 159 g/mol. The van der Waals surface area contributed by atoms with Crippen LogP contribution in [0.25, 0.3) is 0 Å². The summed E-state index contributed by atoms with van der Waals surface area (Å²) in [5, 5.41) is 11.7. The Balaban J connectivity index is 2.35. The highest BCUT2D eigenvalue weighted by molar-refractivity contribution is 5.75. The number of methoxy groups -OCH3 is 1. The van der Waals surface area contributed by atoms with Gasteiger partial charge in [-0.15, -0.1) is 0 Å². The van der Waals surface area contributed by atoms with E-state index in [2.05, 4.69) is 10.1 Å². The second-order valence-corrected chi connectivity index (χ2v) is 2.77. The maximum atomic E-state index is 10.9. The van der Waals surface area contributed by atoms with E-state index in [1.54, 1.807) is 0 Å². The lowest BCUT2D eigenvalue weighted by atomic mass is 10.1. The summed E-state index contributed by atoms with van der Waals surface area (Å²) >= 11 is 0. The van der Waals surface area contributed by atoms with Crippen molar-refractivity contribution >= 4 is 5.97 Å². The maximum absolute atomic E-state index is 10.9. The smallest absolute Gasteiger partial charge is 0.322 e. The molecule has 64 valence electrons. The molecule has 1 rings (SSSR count). The second-order valence-electron chi connectivity index (χ2n) is 2.77. The fourth-order valence-corrected chi connectivity index (χ4v) is 1.27. The fourth-order valence-electron chi connectivity index (χ4n) is 1.27. The van der Waals surface area contributed by atoms with E-state index in [1.165, 1.54) is 7.11 Å². The molecule has 11 heavy (non-hydrogen) atoms. The van der Waals surface area contributed by atoms with Crippen LogP contribution in [0.3, 0.4) is 0 Å². The highest BCUT2D eigenvalue weighted by atomic mass is 16.5. The number of carbonyl (C=O) groups excluding carboxylic acids is 1. The molecule has 1 heterocycles. The van der Waals surface area contributed by atoms with Crippen LogP contribution in [0, 0.1) is 5.92 Å². The molecule has 0 aromatic rings. The largest absolute Gasteiger partial charge is 0.468 e. The summed E-state index contributed by atoms with van der Waals surface area (Å²) < 4.78 is 4.54. The van der Waals surface area contributed by atoms with Gasteiger partial charge in [-0.05, 0) is 12.3 Å². The molecule has 2 atom stereocenters. The first-order valence-corrected chi connectivity index (χ1v) is 3.70. The van der Waals surface area contributed by atoms with Crippen LogP contribution in [-0.4, -0.2) is 37.4 Å². The molecular weight excluding hydrogens is 146 g/mol. The van der Waals surface area contributed by atoms with Gasteiger partial charge >= 0.3 is 5.97 Å². The zero-order chi connectivity index (χ0) is 8.27. The number of carbonyl (C=O) groups is 1. The van der Waals surface area contributed by atoms with Crippen LogP contribution in [0.1, 0.15) is 6.42 Å². The summed E-state index contributed by atoms with van der Waals surface area (Å²) in [5.74, 6) is -0.0277. The molecule has 0 saturated carbocycles. The highest BCUT2D eigenvalue weighted by Crippen LogP contribution is 2.13. The molecule has 0 bridgehead atoms. The van der Waals surface area contributed by atoms with Gasteiger partial charge in [-0.3, -0.25) is 4.79 Å². The number of ether oxygens (including phenoxy) is 1. The lowest BCUT2D eigenvalue weighted by Crippen LogP contribution is -2.31. The van der Waals surface area contributed by atoms with E-state index in [1.807, 2.05) is 0 Å². The Labute approximate surface area is 65.5 Å². The number of rotatable bonds is 2. The van der Waals surface area contributed by atoms with E-state index in [0.29, 0.717) is 13.0 Å². The third-order valence-corrected chi connectivity index (χ3v) is 1.97. The fraction of sp³-hybridized carbons (Fsp3) is 0.857. The van der Waals surface area contributed by atoms with Crippen LogP contribution in [0.5, 0.6) is 0 Å². The number of aliphatic hydroxyl groups excluding tert-OH is 1. The van der Waals surface area contributed by atoms with Gasteiger partial charge in [0, 0.05) is 13.2 Å². The van der Waals surface area contributed by atoms with Gasteiger partial charge in [0.2, 0.25) is 0 Å². The van der Waals surface area contributed by atoms with E-state index >= 15 is 0 Å². The van der Waals surface area contributed by atoms with E-state index < -0.39 is 0 Å². The SMILES string of the molecule is COC(=O)C1CC(CO)CN1. The predicted octanol–water partition coefficient (Wildman–Crippen LogP) is -0.870. The van der Waals surface area contributed by atoms with Crippen LogP contribution < -0.4 is 5.32 Å². The minimum Gasteiger partial charge on any atom is -0.468 e. The zero-order valence-corrected chi connectivity index (χ0v) is 6.54. The molecule has 0 radical (unpaired) electrons. The van der Waals surface area contributed by atoms with Crippen molar-refractivity contribution in [3.8, 4) is 0 Å². The average molecular weight is 159 g/mol. The lowest BCUT2D eigenvalue weighted by Gasteiger charge is -2.05. The van der Waals surface area contributed by atoms with Crippen molar-refractivity contribution < 1.29 is 14.6 Å². The molecule has 0 amide bonds. The first-order valence-electron chi connectivity index (χ1n) is 3.70. The molecule has 1 fully saturated rings. The van der Waals surface area contributed by atoms with Gasteiger partial charge in [0.1, 0.15) is 6.04 Å². The number of nitrogens with one attached hydrogen (secondary N) is 1. The molecule has 2 unspecified atom stereocenters. The standard InChI is InChI=1S/C7H13NO3/c1-11-7(10)6-2-5(4-9)3-8-6/h5-6,8-9H,2-4H2,1H3. The van der Waals surface area contributed by atoms with Gasteiger partial charge in [-0.25, -0.2) is 0 Å². The van der Waals surface area contributed by atoms with Gasteiger partial charge in [-0.1, -0.05) is 0 Å². The molecule has 0 aliphatic carbocycles. The molecule has 4 heteroatoms. The predicted molar refractivity (Wildman–Crippen MR) is 39.0 cm³/mol. The van der Waals surface area contributed by atoms with Crippen molar-refractivity contribution in [2.24, 2.45) is 5.92 Å². The first kappa shape index (κ1) is 8.49. The van der Waals surface area contributed by atoms with Gasteiger partial charge < -0.3 is 15.2 Å². The van der Waals surface area contributed by atoms with Crippen molar-refractivity contribution in [2.75, 3.05) is 20.3 Å². The topological polar surface area (TPSA) is 58.6 Å².